The van der Waals surface area contributed by atoms with Crippen LogP contribution in [0.4, 0.5) is 4.79 Å². The number of likely N-dealkylation sites (tertiary alicyclic amines) is 2. The lowest BCUT2D eigenvalue weighted by Gasteiger charge is -2.31. The van der Waals surface area contributed by atoms with Gasteiger partial charge in [0.15, 0.2) is 0 Å². The first-order valence-electron chi connectivity index (χ1n) is 9.99. The van der Waals surface area contributed by atoms with Gasteiger partial charge < -0.3 is 15.1 Å². The van der Waals surface area contributed by atoms with Crippen molar-refractivity contribution < 1.29 is 4.79 Å². The summed E-state index contributed by atoms with van der Waals surface area (Å²) in [5.74, 6) is 0.621. The Labute approximate surface area is 150 Å². The van der Waals surface area contributed by atoms with Crippen LogP contribution in [0.1, 0.15) is 56.6 Å². The van der Waals surface area contributed by atoms with Gasteiger partial charge >= 0.3 is 6.03 Å². The van der Waals surface area contributed by atoms with Gasteiger partial charge in [0.05, 0.1) is 6.04 Å². The molecule has 5 nitrogen and oxygen atoms in total. The largest absolute Gasteiger partial charge is 0.338 e. The van der Waals surface area contributed by atoms with Crippen LogP contribution >= 0.6 is 0 Å². The highest BCUT2D eigenvalue weighted by Crippen LogP contribution is 2.32. The number of rotatable bonds is 4. The van der Waals surface area contributed by atoms with Gasteiger partial charge in [0.1, 0.15) is 0 Å². The predicted octanol–water partition coefficient (Wildman–Crippen LogP) is 3.19. The van der Waals surface area contributed by atoms with E-state index >= 15 is 0 Å². The molecular formula is C20H30N4O. The lowest BCUT2D eigenvalue weighted by Crippen LogP contribution is -2.44. The number of urea groups is 1. The monoisotopic (exact) mass is 342 g/mol. The van der Waals surface area contributed by atoms with E-state index in [0.717, 1.165) is 32.0 Å². The molecule has 3 heterocycles. The number of aromatic nitrogens is 1. The Morgan fingerprint density at radius 3 is 2.72 bits per heavy atom. The molecule has 1 saturated carbocycles. The Kier molecular flexibility index (Phi) is 5.20. The number of hydrogen-bond donors (Lipinski definition) is 1. The first-order valence-corrected chi connectivity index (χ1v) is 9.99. The molecule has 0 bridgehead atoms. The molecule has 2 unspecified atom stereocenters. The van der Waals surface area contributed by atoms with Crippen LogP contribution in [0.25, 0.3) is 0 Å². The van der Waals surface area contributed by atoms with Crippen molar-refractivity contribution in [1.82, 2.24) is 20.1 Å². The molecule has 3 fully saturated rings. The van der Waals surface area contributed by atoms with E-state index in [1.165, 1.54) is 50.8 Å². The summed E-state index contributed by atoms with van der Waals surface area (Å²) in [6.45, 7) is 4.06. The molecule has 0 spiro atoms. The second kappa shape index (κ2) is 7.73. The second-order valence-electron chi connectivity index (χ2n) is 7.91. The Balaban J connectivity index is 1.35. The van der Waals surface area contributed by atoms with E-state index in [-0.39, 0.29) is 12.1 Å². The molecule has 1 N–H and O–H groups in total. The van der Waals surface area contributed by atoms with Crippen molar-refractivity contribution in [3.05, 3.63) is 30.1 Å². The predicted molar refractivity (Wildman–Crippen MR) is 98.3 cm³/mol. The van der Waals surface area contributed by atoms with E-state index in [1.54, 1.807) is 0 Å². The lowest BCUT2D eigenvalue weighted by atomic mass is 10.0. The average molecular weight is 342 g/mol. The van der Waals surface area contributed by atoms with E-state index in [4.69, 9.17) is 0 Å². The number of nitrogens with one attached hydrogen (secondary N) is 1. The number of hydrogen-bond acceptors (Lipinski definition) is 3. The summed E-state index contributed by atoms with van der Waals surface area (Å²) in [7, 11) is 0. The van der Waals surface area contributed by atoms with Gasteiger partial charge in [-0.05, 0) is 62.3 Å². The molecule has 5 heteroatoms. The number of carbonyl (C=O) groups excluding carboxylic acids is 1. The van der Waals surface area contributed by atoms with Crippen molar-refractivity contribution in [2.45, 2.75) is 57.0 Å². The van der Waals surface area contributed by atoms with Crippen LogP contribution in [0.5, 0.6) is 0 Å². The van der Waals surface area contributed by atoms with Crippen molar-refractivity contribution >= 4 is 6.03 Å². The molecule has 2 amide bonds. The van der Waals surface area contributed by atoms with Crippen LogP contribution in [0, 0.1) is 5.92 Å². The van der Waals surface area contributed by atoms with Gasteiger partial charge in [-0.1, -0.05) is 12.8 Å². The topological polar surface area (TPSA) is 48.5 Å². The molecule has 25 heavy (non-hydrogen) atoms. The number of carbonyl (C=O) groups is 1. The smallest absolute Gasteiger partial charge is 0.317 e. The van der Waals surface area contributed by atoms with Crippen molar-refractivity contribution in [3.63, 3.8) is 0 Å². The highest BCUT2D eigenvalue weighted by Gasteiger charge is 2.34. The van der Waals surface area contributed by atoms with Gasteiger partial charge in [-0.25, -0.2) is 4.79 Å². The van der Waals surface area contributed by atoms with E-state index in [9.17, 15) is 4.79 Å². The molecule has 2 atom stereocenters. The molecule has 1 aliphatic carbocycles. The highest BCUT2D eigenvalue weighted by atomic mass is 16.2. The maximum Gasteiger partial charge on any atom is 0.317 e. The van der Waals surface area contributed by atoms with Gasteiger partial charge in [-0.15, -0.1) is 0 Å². The highest BCUT2D eigenvalue weighted by molar-refractivity contribution is 5.74. The van der Waals surface area contributed by atoms with E-state index < -0.39 is 0 Å². The van der Waals surface area contributed by atoms with Crippen LogP contribution < -0.4 is 5.32 Å². The number of nitrogens with zero attached hydrogens (tertiary/aromatic N) is 3. The number of pyridine rings is 1. The van der Waals surface area contributed by atoms with Gasteiger partial charge in [-0.2, -0.15) is 0 Å². The summed E-state index contributed by atoms with van der Waals surface area (Å²) in [4.78, 5) is 21.7. The molecule has 1 aromatic heterocycles. The van der Waals surface area contributed by atoms with Crippen LogP contribution in [0.15, 0.2) is 24.5 Å². The molecule has 2 aliphatic heterocycles. The normalized spacial score (nSPS) is 27.9. The Bertz CT molecular complexity index is 574. The fourth-order valence-corrected chi connectivity index (χ4v) is 4.42. The summed E-state index contributed by atoms with van der Waals surface area (Å²) >= 11 is 0. The van der Waals surface area contributed by atoms with Gasteiger partial charge in [0, 0.05) is 38.1 Å². The van der Waals surface area contributed by atoms with Crippen molar-refractivity contribution in [2.75, 3.05) is 26.2 Å². The molecule has 2 saturated heterocycles. The zero-order valence-electron chi connectivity index (χ0n) is 15.1. The average Bonchev–Trinajstić information content (AvgIpc) is 3.43. The molecule has 0 aromatic carbocycles. The van der Waals surface area contributed by atoms with Crippen LogP contribution in [-0.4, -0.2) is 53.0 Å². The molecule has 4 rings (SSSR count). The van der Waals surface area contributed by atoms with E-state index in [2.05, 4.69) is 32.2 Å². The zero-order valence-corrected chi connectivity index (χ0v) is 15.1. The minimum Gasteiger partial charge on any atom is -0.338 e. The molecule has 1 aromatic rings. The summed E-state index contributed by atoms with van der Waals surface area (Å²) in [5.41, 5.74) is 1.22. The Hall–Kier alpha value is -1.62. The number of amides is 2. The van der Waals surface area contributed by atoms with Crippen LogP contribution in [0.2, 0.25) is 0 Å². The third kappa shape index (κ3) is 4.14. The van der Waals surface area contributed by atoms with E-state index in [0.29, 0.717) is 5.92 Å². The second-order valence-corrected chi connectivity index (χ2v) is 7.91. The third-order valence-electron chi connectivity index (χ3n) is 6.03. The molecular weight excluding hydrogens is 312 g/mol. The summed E-state index contributed by atoms with van der Waals surface area (Å²) in [5, 5.41) is 3.25. The standard InChI is InChI=1S/C20H30N4O/c25-20(22-14-16-9-13-23(15-16)18-5-6-18)24-12-3-1-2-4-19(24)17-7-10-21-11-8-17/h7-8,10-11,16,18-19H,1-6,9,12-15H2,(H,22,25). The summed E-state index contributed by atoms with van der Waals surface area (Å²) < 4.78 is 0. The quantitative estimate of drug-likeness (QED) is 0.914. The first-order chi connectivity index (χ1) is 12.3. The molecule has 136 valence electrons. The first kappa shape index (κ1) is 16.8. The minimum absolute atomic E-state index is 0.119. The lowest BCUT2D eigenvalue weighted by molar-refractivity contribution is 0.174. The maximum absolute atomic E-state index is 12.9. The zero-order chi connectivity index (χ0) is 17.1. The van der Waals surface area contributed by atoms with Gasteiger partial charge in [-0.3, -0.25) is 4.98 Å². The summed E-state index contributed by atoms with van der Waals surface area (Å²) in [6.07, 6.45) is 12.2. The minimum atomic E-state index is 0.119. The van der Waals surface area contributed by atoms with Gasteiger partial charge in [0.25, 0.3) is 0 Å². The maximum atomic E-state index is 12.9. The Morgan fingerprint density at radius 1 is 1.08 bits per heavy atom. The van der Waals surface area contributed by atoms with Crippen LogP contribution in [0.3, 0.4) is 0 Å². The van der Waals surface area contributed by atoms with Crippen molar-refractivity contribution in [1.29, 1.82) is 0 Å². The summed E-state index contributed by atoms with van der Waals surface area (Å²) in [6, 6.07) is 5.27. The Morgan fingerprint density at radius 2 is 1.92 bits per heavy atom. The third-order valence-corrected chi connectivity index (χ3v) is 6.03. The SMILES string of the molecule is O=C(NCC1CCN(C2CC2)C1)N1CCCCCC1c1ccncc1. The van der Waals surface area contributed by atoms with Gasteiger partial charge in [0.2, 0.25) is 0 Å². The van der Waals surface area contributed by atoms with E-state index in [1.807, 2.05) is 12.4 Å². The van der Waals surface area contributed by atoms with Crippen LogP contribution in [-0.2, 0) is 0 Å². The fraction of sp³-hybridized carbons (Fsp3) is 0.700. The van der Waals surface area contributed by atoms with Crippen molar-refractivity contribution in [2.24, 2.45) is 5.92 Å². The molecule has 3 aliphatic rings. The van der Waals surface area contributed by atoms with Crippen molar-refractivity contribution in [3.8, 4) is 0 Å². The molecule has 0 radical (unpaired) electrons. The fourth-order valence-electron chi connectivity index (χ4n) is 4.42.